The summed E-state index contributed by atoms with van der Waals surface area (Å²) in [5.41, 5.74) is 2.15. The maximum atomic E-state index is 13.0. The summed E-state index contributed by atoms with van der Waals surface area (Å²) >= 11 is 6.57. The molecule has 0 spiro atoms. The highest BCUT2D eigenvalue weighted by Gasteiger charge is 2.32. The van der Waals surface area contributed by atoms with Crippen LogP contribution in [0, 0.1) is 6.92 Å². The van der Waals surface area contributed by atoms with Gasteiger partial charge in [0.2, 0.25) is 5.91 Å². The first-order chi connectivity index (χ1) is 15.9. The molecule has 0 saturated carbocycles. The molecule has 1 aromatic heterocycles. The number of benzene rings is 2. The summed E-state index contributed by atoms with van der Waals surface area (Å²) in [5.74, 6) is -0.578. The van der Waals surface area contributed by atoms with E-state index in [2.05, 4.69) is 5.32 Å². The lowest BCUT2D eigenvalue weighted by atomic mass is 10.2. The summed E-state index contributed by atoms with van der Waals surface area (Å²) in [6.07, 6.45) is 1.81. The number of thiocarbonyl (C=S) groups is 1. The van der Waals surface area contributed by atoms with Crippen LogP contribution in [0.1, 0.15) is 17.7 Å². The third-order valence-electron chi connectivity index (χ3n) is 5.35. The van der Waals surface area contributed by atoms with E-state index in [1.54, 1.807) is 24.7 Å². The maximum absolute atomic E-state index is 13.0. The third kappa shape index (κ3) is 4.69. The molecule has 168 valence electrons. The van der Waals surface area contributed by atoms with Crippen LogP contribution in [0.25, 0.3) is 11.8 Å². The first-order valence-electron chi connectivity index (χ1n) is 10.3. The number of para-hydroxylation sites is 1. The van der Waals surface area contributed by atoms with Crippen LogP contribution in [0.15, 0.2) is 70.4 Å². The van der Waals surface area contributed by atoms with Crippen molar-refractivity contribution in [2.24, 2.45) is 7.05 Å². The molecule has 1 N–H and O–H groups in total. The Morgan fingerprint density at radius 2 is 1.70 bits per heavy atom. The van der Waals surface area contributed by atoms with Gasteiger partial charge in [-0.25, -0.2) is 4.68 Å². The van der Waals surface area contributed by atoms with E-state index in [4.69, 9.17) is 12.2 Å². The lowest BCUT2D eigenvalue weighted by molar-refractivity contribution is -0.122. The van der Waals surface area contributed by atoms with E-state index in [1.807, 2.05) is 60.7 Å². The molecule has 0 aliphatic carbocycles. The predicted molar refractivity (Wildman–Crippen MR) is 135 cm³/mol. The zero-order valence-electron chi connectivity index (χ0n) is 18.1. The van der Waals surface area contributed by atoms with Crippen molar-refractivity contribution >= 4 is 51.9 Å². The number of rotatable bonds is 6. The standard InChI is InChI=1S/C24H22N4O3S2/c1-16-21(23(31)28(26(16)2)18-11-7-4-8-12-18)25-20(29)13-14-27-22(30)19(33-24(27)32)15-17-9-5-3-6-10-17/h3-12,15H,13-14H2,1-2H3,(H,25,29)/b19-15+. The summed E-state index contributed by atoms with van der Waals surface area (Å²) in [6.45, 7) is 1.91. The van der Waals surface area contributed by atoms with Gasteiger partial charge in [0.1, 0.15) is 10.0 Å². The van der Waals surface area contributed by atoms with Crippen LogP contribution >= 0.6 is 24.0 Å². The topological polar surface area (TPSA) is 76.3 Å². The second kappa shape index (κ2) is 9.60. The van der Waals surface area contributed by atoms with Crippen LogP contribution in [0.2, 0.25) is 0 Å². The Labute approximate surface area is 200 Å². The van der Waals surface area contributed by atoms with Crippen molar-refractivity contribution in [3.8, 4) is 5.69 Å². The zero-order valence-corrected chi connectivity index (χ0v) is 19.8. The van der Waals surface area contributed by atoms with Gasteiger partial charge >= 0.3 is 0 Å². The van der Waals surface area contributed by atoms with Gasteiger partial charge in [-0.15, -0.1) is 0 Å². The van der Waals surface area contributed by atoms with Crippen molar-refractivity contribution in [1.82, 2.24) is 14.3 Å². The average molecular weight is 479 g/mol. The Kier molecular flexibility index (Phi) is 6.62. The van der Waals surface area contributed by atoms with Crippen molar-refractivity contribution in [2.45, 2.75) is 13.3 Å². The van der Waals surface area contributed by atoms with E-state index in [0.29, 0.717) is 20.6 Å². The fraction of sp³-hybridized carbons (Fsp3) is 0.167. The van der Waals surface area contributed by atoms with Gasteiger partial charge in [-0.1, -0.05) is 72.5 Å². The molecule has 2 aromatic carbocycles. The second-order valence-electron chi connectivity index (χ2n) is 7.48. The Morgan fingerprint density at radius 1 is 1.06 bits per heavy atom. The molecule has 0 radical (unpaired) electrons. The summed E-state index contributed by atoms with van der Waals surface area (Å²) in [6, 6.07) is 18.7. The molecule has 2 heterocycles. The fourth-order valence-electron chi connectivity index (χ4n) is 3.52. The van der Waals surface area contributed by atoms with Crippen molar-refractivity contribution in [3.63, 3.8) is 0 Å². The third-order valence-corrected chi connectivity index (χ3v) is 6.73. The van der Waals surface area contributed by atoms with Crippen molar-refractivity contribution in [1.29, 1.82) is 0 Å². The number of amides is 2. The highest BCUT2D eigenvalue weighted by atomic mass is 32.2. The summed E-state index contributed by atoms with van der Waals surface area (Å²) < 4.78 is 3.61. The quantitative estimate of drug-likeness (QED) is 0.432. The van der Waals surface area contributed by atoms with E-state index >= 15 is 0 Å². The largest absolute Gasteiger partial charge is 0.320 e. The minimum atomic E-state index is -0.359. The molecule has 4 rings (SSSR count). The molecule has 33 heavy (non-hydrogen) atoms. The first-order valence-corrected chi connectivity index (χ1v) is 11.5. The molecule has 3 aromatic rings. The SMILES string of the molecule is Cc1c(NC(=O)CCN2C(=O)/C(=C\c3ccccc3)SC2=S)c(=O)n(-c2ccccc2)n1C. The van der Waals surface area contributed by atoms with Crippen LogP contribution in [0.4, 0.5) is 5.69 Å². The van der Waals surface area contributed by atoms with Crippen LogP contribution < -0.4 is 10.9 Å². The maximum Gasteiger partial charge on any atom is 0.295 e. The van der Waals surface area contributed by atoms with E-state index < -0.39 is 0 Å². The Bertz CT molecular complexity index is 1310. The number of nitrogens with zero attached hydrogens (tertiary/aromatic N) is 3. The minimum absolute atomic E-state index is 0.0180. The molecule has 0 atom stereocenters. The van der Waals surface area contributed by atoms with E-state index in [1.165, 1.54) is 21.3 Å². The summed E-state index contributed by atoms with van der Waals surface area (Å²) in [4.78, 5) is 40.3. The monoisotopic (exact) mass is 478 g/mol. The Balaban J connectivity index is 1.44. The van der Waals surface area contributed by atoms with Gasteiger partial charge in [-0.2, -0.15) is 0 Å². The summed E-state index contributed by atoms with van der Waals surface area (Å²) in [5, 5.41) is 2.72. The first kappa shape index (κ1) is 22.8. The number of hydrogen-bond donors (Lipinski definition) is 1. The molecule has 1 saturated heterocycles. The fourth-order valence-corrected chi connectivity index (χ4v) is 4.83. The van der Waals surface area contributed by atoms with Crippen LogP contribution in [-0.2, 0) is 16.6 Å². The van der Waals surface area contributed by atoms with Crippen LogP contribution in [0.5, 0.6) is 0 Å². The number of anilines is 1. The van der Waals surface area contributed by atoms with Crippen molar-refractivity contribution in [3.05, 3.63) is 87.2 Å². The minimum Gasteiger partial charge on any atom is -0.320 e. The molecular weight excluding hydrogens is 456 g/mol. The lowest BCUT2D eigenvalue weighted by Gasteiger charge is -2.13. The van der Waals surface area contributed by atoms with Crippen LogP contribution in [-0.4, -0.2) is 36.9 Å². The van der Waals surface area contributed by atoms with Crippen molar-refractivity contribution < 1.29 is 9.59 Å². The summed E-state index contributed by atoms with van der Waals surface area (Å²) in [7, 11) is 1.76. The Morgan fingerprint density at radius 3 is 2.36 bits per heavy atom. The van der Waals surface area contributed by atoms with Gasteiger partial charge in [0.15, 0.2) is 0 Å². The molecule has 9 heteroatoms. The molecule has 1 aliphatic heterocycles. The lowest BCUT2D eigenvalue weighted by Crippen LogP contribution is -2.32. The number of carbonyl (C=O) groups excluding carboxylic acids is 2. The van der Waals surface area contributed by atoms with E-state index in [0.717, 1.165) is 5.56 Å². The molecule has 0 unspecified atom stereocenters. The predicted octanol–water partition coefficient (Wildman–Crippen LogP) is 3.71. The van der Waals surface area contributed by atoms with E-state index in [9.17, 15) is 14.4 Å². The van der Waals surface area contributed by atoms with Gasteiger partial charge in [0.25, 0.3) is 11.5 Å². The molecule has 1 aliphatic rings. The average Bonchev–Trinajstić information content (AvgIpc) is 3.20. The highest BCUT2D eigenvalue weighted by molar-refractivity contribution is 8.26. The molecule has 7 nitrogen and oxygen atoms in total. The van der Waals surface area contributed by atoms with Gasteiger partial charge in [0, 0.05) is 20.0 Å². The number of thioether (sulfide) groups is 1. The molecule has 2 amide bonds. The molecule has 1 fully saturated rings. The highest BCUT2D eigenvalue weighted by Crippen LogP contribution is 2.32. The zero-order chi connectivity index (χ0) is 23.5. The smallest absolute Gasteiger partial charge is 0.295 e. The number of carbonyl (C=O) groups is 2. The van der Waals surface area contributed by atoms with Crippen LogP contribution in [0.3, 0.4) is 0 Å². The van der Waals surface area contributed by atoms with Gasteiger partial charge < -0.3 is 5.32 Å². The van der Waals surface area contributed by atoms with Crippen molar-refractivity contribution in [2.75, 3.05) is 11.9 Å². The second-order valence-corrected chi connectivity index (χ2v) is 9.15. The number of nitrogens with one attached hydrogen (secondary N) is 1. The number of hydrogen-bond acceptors (Lipinski definition) is 5. The van der Waals surface area contributed by atoms with Gasteiger partial charge in [-0.05, 0) is 30.7 Å². The van der Waals surface area contributed by atoms with Gasteiger partial charge in [0.05, 0.1) is 16.3 Å². The molecular formula is C24H22N4O3S2. The molecule has 0 bridgehead atoms. The van der Waals surface area contributed by atoms with Gasteiger partial charge in [-0.3, -0.25) is 24.0 Å². The normalized spacial score (nSPS) is 14.8. The Hall–Kier alpha value is -3.43. The number of aromatic nitrogens is 2. The van der Waals surface area contributed by atoms with E-state index in [-0.39, 0.29) is 36.0 Å².